The van der Waals surface area contributed by atoms with E-state index in [4.69, 9.17) is 5.73 Å². The summed E-state index contributed by atoms with van der Waals surface area (Å²) >= 11 is 0. The van der Waals surface area contributed by atoms with E-state index in [0.717, 1.165) is 10.8 Å². The van der Waals surface area contributed by atoms with Gasteiger partial charge in [-0.25, -0.2) is 0 Å². The van der Waals surface area contributed by atoms with E-state index in [1.807, 2.05) is 43.3 Å². The van der Waals surface area contributed by atoms with Crippen LogP contribution in [0.15, 0.2) is 36.4 Å². The highest BCUT2D eigenvalue weighted by Crippen LogP contribution is 2.22. The first-order valence-electron chi connectivity index (χ1n) is 5.04. The van der Waals surface area contributed by atoms with Crippen molar-refractivity contribution >= 4 is 22.2 Å². The third-order valence-electron chi connectivity index (χ3n) is 2.54. The zero-order valence-corrected chi connectivity index (χ0v) is 8.66. The molecule has 0 aliphatic carbocycles. The van der Waals surface area contributed by atoms with Gasteiger partial charge in [0, 0.05) is 17.7 Å². The van der Waals surface area contributed by atoms with Crippen molar-refractivity contribution in [3.05, 3.63) is 42.0 Å². The number of anilines is 1. The molecular weight excluding hydrogens is 186 g/mol. The number of hydrogen-bond donors (Lipinski definition) is 1. The van der Waals surface area contributed by atoms with Crippen molar-refractivity contribution < 1.29 is 4.79 Å². The highest BCUT2D eigenvalue weighted by molar-refractivity contribution is 6.04. The van der Waals surface area contributed by atoms with E-state index in [9.17, 15) is 4.79 Å². The quantitative estimate of drug-likeness (QED) is 0.596. The van der Waals surface area contributed by atoms with Crippen LogP contribution in [0.3, 0.4) is 0 Å². The minimum absolute atomic E-state index is 0.0956. The summed E-state index contributed by atoms with van der Waals surface area (Å²) in [7, 11) is 0. The number of nitrogens with two attached hydrogens (primary N) is 1. The number of Topliss-reactive ketones (excluding diaryl/α,β-unsaturated/α-hetero) is 1. The van der Waals surface area contributed by atoms with Crippen LogP contribution >= 0.6 is 0 Å². The van der Waals surface area contributed by atoms with Gasteiger partial charge in [0.2, 0.25) is 0 Å². The van der Waals surface area contributed by atoms with Crippen LogP contribution in [0.25, 0.3) is 10.8 Å². The van der Waals surface area contributed by atoms with Gasteiger partial charge in [0.25, 0.3) is 0 Å². The minimum atomic E-state index is 0.0956. The molecule has 15 heavy (non-hydrogen) atoms. The van der Waals surface area contributed by atoms with Crippen LogP contribution in [0.5, 0.6) is 0 Å². The SMILES string of the molecule is CCC(=O)c1cc2ccccc2cc1N. The monoisotopic (exact) mass is 199 g/mol. The Morgan fingerprint density at radius 1 is 1.20 bits per heavy atom. The molecule has 2 aromatic rings. The van der Waals surface area contributed by atoms with Crippen LogP contribution in [-0.4, -0.2) is 5.78 Å². The number of ketones is 1. The lowest BCUT2D eigenvalue weighted by Crippen LogP contribution is -2.02. The highest BCUT2D eigenvalue weighted by Gasteiger charge is 2.08. The molecule has 0 radical (unpaired) electrons. The zero-order valence-electron chi connectivity index (χ0n) is 8.66. The average Bonchev–Trinajstić information content (AvgIpc) is 2.27. The van der Waals surface area contributed by atoms with Gasteiger partial charge in [-0.15, -0.1) is 0 Å². The Kier molecular flexibility index (Phi) is 2.42. The second kappa shape index (κ2) is 3.73. The Morgan fingerprint density at radius 3 is 2.40 bits per heavy atom. The van der Waals surface area contributed by atoms with E-state index in [1.54, 1.807) is 0 Å². The fourth-order valence-electron chi connectivity index (χ4n) is 1.69. The van der Waals surface area contributed by atoms with Gasteiger partial charge >= 0.3 is 0 Å². The van der Waals surface area contributed by atoms with Crippen molar-refractivity contribution in [2.75, 3.05) is 5.73 Å². The Bertz CT molecular complexity index is 517. The fraction of sp³-hybridized carbons (Fsp3) is 0.154. The standard InChI is InChI=1S/C13H13NO/c1-2-13(15)11-7-9-5-3-4-6-10(9)8-12(11)14/h3-8H,2,14H2,1H3. The summed E-state index contributed by atoms with van der Waals surface area (Å²) in [4.78, 5) is 11.6. The molecule has 0 aliphatic heterocycles. The molecule has 0 spiro atoms. The summed E-state index contributed by atoms with van der Waals surface area (Å²) in [5, 5.41) is 2.13. The van der Waals surface area contributed by atoms with Gasteiger partial charge in [-0.1, -0.05) is 31.2 Å². The van der Waals surface area contributed by atoms with Crippen LogP contribution < -0.4 is 5.73 Å². The van der Waals surface area contributed by atoms with Gasteiger partial charge in [-0.05, 0) is 22.9 Å². The van der Waals surface area contributed by atoms with Crippen LogP contribution in [-0.2, 0) is 0 Å². The molecule has 2 heteroatoms. The van der Waals surface area contributed by atoms with E-state index in [2.05, 4.69) is 0 Å². The van der Waals surface area contributed by atoms with Crippen LogP contribution in [0, 0.1) is 0 Å². The van der Waals surface area contributed by atoms with E-state index in [1.165, 1.54) is 0 Å². The van der Waals surface area contributed by atoms with Crippen molar-refractivity contribution in [3.63, 3.8) is 0 Å². The third kappa shape index (κ3) is 1.71. The third-order valence-corrected chi connectivity index (χ3v) is 2.54. The molecule has 0 saturated carbocycles. The molecule has 0 bridgehead atoms. The van der Waals surface area contributed by atoms with Crippen LogP contribution in [0.2, 0.25) is 0 Å². The van der Waals surface area contributed by atoms with E-state index < -0.39 is 0 Å². The minimum Gasteiger partial charge on any atom is -0.398 e. The lowest BCUT2D eigenvalue weighted by molar-refractivity contribution is 0.0989. The number of benzene rings is 2. The maximum Gasteiger partial charge on any atom is 0.164 e. The maximum atomic E-state index is 11.6. The van der Waals surface area contributed by atoms with Crippen molar-refractivity contribution in [3.8, 4) is 0 Å². The van der Waals surface area contributed by atoms with Crippen LogP contribution in [0.4, 0.5) is 5.69 Å². The predicted molar refractivity (Wildman–Crippen MR) is 63.0 cm³/mol. The molecule has 0 aliphatic rings. The highest BCUT2D eigenvalue weighted by atomic mass is 16.1. The number of fused-ring (bicyclic) bond motifs is 1. The molecule has 0 fully saturated rings. The van der Waals surface area contributed by atoms with Crippen molar-refractivity contribution in [2.45, 2.75) is 13.3 Å². The Balaban J connectivity index is 2.67. The van der Waals surface area contributed by atoms with Crippen molar-refractivity contribution in [1.29, 1.82) is 0 Å². The summed E-state index contributed by atoms with van der Waals surface area (Å²) in [5.41, 5.74) is 7.05. The first-order chi connectivity index (χ1) is 7.22. The van der Waals surface area contributed by atoms with Gasteiger partial charge in [-0.2, -0.15) is 0 Å². The second-order valence-corrected chi connectivity index (χ2v) is 3.56. The smallest absolute Gasteiger partial charge is 0.164 e. The molecule has 0 saturated heterocycles. The molecule has 2 N–H and O–H groups in total. The number of rotatable bonds is 2. The Morgan fingerprint density at radius 2 is 1.80 bits per heavy atom. The maximum absolute atomic E-state index is 11.6. The van der Waals surface area contributed by atoms with E-state index in [-0.39, 0.29) is 5.78 Å². The summed E-state index contributed by atoms with van der Waals surface area (Å²) in [6.45, 7) is 1.84. The number of carbonyl (C=O) groups is 1. The van der Waals surface area contributed by atoms with Gasteiger partial charge in [-0.3, -0.25) is 4.79 Å². The summed E-state index contributed by atoms with van der Waals surface area (Å²) in [5.74, 6) is 0.0956. The normalized spacial score (nSPS) is 10.5. The molecule has 0 unspecified atom stereocenters. The largest absolute Gasteiger partial charge is 0.398 e. The molecule has 2 rings (SSSR count). The molecule has 0 aromatic heterocycles. The first kappa shape index (κ1) is 9.71. The number of carbonyl (C=O) groups excluding carboxylic acids is 1. The van der Waals surface area contributed by atoms with Gasteiger partial charge in [0.05, 0.1) is 0 Å². The summed E-state index contributed by atoms with van der Waals surface area (Å²) in [6, 6.07) is 11.6. The number of hydrogen-bond acceptors (Lipinski definition) is 2. The van der Waals surface area contributed by atoms with Gasteiger partial charge in [0.15, 0.2) is 5.78 Å². The molecule has 2 nitrogen and oxygen atoms in total. The molecule has 0 atom stereocenters. The van der Waals surface area contributed by atoms with Gasteiger partial charge < -0.3 is 5.73 Å². The molecule has 0 heterocycles. The molecular formula is C13H13NO. The van der Waals surface area contributed by atoms with Crippen LogP contribution in [0.1, 0.15) is 23.7 Å². The average molecular weight is 199 g/mol. The Labute approximate surface area is 88.7 Å². The lowest BCUT2D eigenvalue weighted by Gasteiger charge is -2.05. The molecule has 0 amide bonds. The number of nitrogen functional groups attached to an aromatic ring is 1. The van der Waals surface area contributed by atoms with Crippen molar-refractivity contribution in [2.24, 2.45) is 0 Å². The van der Waals surface area contributed by atoms with Gasteiger partial charge in [0.1, 0.15) is 0 Å². The summed E-state index contributed by atoms with van der Waals surface area (Å²) in [6.07, 6.45) is 0.489. The van der Waals surface area contributed by atoms with Crippen molar-refractivity contribution in [1.82, 2.24) is 0 Å². The summed E-state index contributed by atoms with van der Waals surface area (Å²) < 4.78 is 0. The topological polar surface area (TPSA) is 43.1 Å². The zero-order chi connectivity index (χ0) is 10.8. The van der Waals surface area contributed by atoms with E-state index >= 15 is 0 Å². The van der Waals surface area contributed by atoms with E-state index in [0.29, 0.717) is 17.7 Å². The second-order valence-electron chi connectivity index (χ2n) is 3.56. The Hall–Kier alpha value is -1.83. The molecule has 2 aromatic carbocycles. The predicted octanol–water partition coefficient (Wildman–Crippen LogP) is 3.01. The lowest BCUT2D eigenvalue weighted by atomic mass is 10.0. The fourth-order valence-corrected chi connectivity index (χ4v) is 1.69. The molecule has 76 valence electrons. The first-order valence-corrected chi connectivity index (χ1v) is 5.04.